The number of hydrogen-bond donors (Lipinski definition) is 1. The van der Waals surface area contributed by atoms with Crippen LogP contribution in [0.5, 0.6) is 0 Å². The number of aliphatic carboxylic acids is 1. The molecule has 2 rings (SSSR count). The lowest BCUT2D eigenvalue weighted by atomic mass is 10.1. The van der Waals surface area contributed by atoms with E-state index >= 15 is 0 Å². The van der Waals surface area contributed by atoms with Crippen LogP contribution in [0.2, 0.25) is 0 Å². The molecule has 1 N–H and O–H groups in total. The second-order valence-electron chi connectivity index (χ2n) is 4.63. The van der Waals surface area contributed by atoms with Crippen LogP contribution >= 0.6 is 11.8 Å². The van der Waals surface area contributed by atoms with E-state index in [1.54, 1.807) is 4.90 Å². The molecule has 0 aliphatic carbocycles. The van der Waals surface area contributed by atoms with E-state index in [4.69, 9.17) is 5.11 Å². The topological polar surface area (TPSA) is 57.6 Å². The largest absolute Gasteiger partial charge is 0.481 e. The van der Waals surface area contributed by atoms with Gasteiger partial charge in [-0.25, -0.2) is 0 Å². The van der Waals surface area contributed by atoms with Gasteiger partial charge < -0.3 is 10.0 Å². The molecule has 2 unspecified atom stereocenters. The Balaban J connectivity index is 2.08. The summed E-state index contributed by atoms with van der Waals surface area (Å²) in [7, 11) is 0. The number of carboxylic acid groups (broad SMARTS) is 1. The summed E-state index contributed by atoms with van der Waals surface area (Å²) >= 11 is 1.49. The zero-order valence-electron chi connectivity index (χ0n) is 10.8. The van der Waals surface area contributed by atoms with Crippen LogP contribution in [0.15, 0.2) is 30.3 Å². The number of hydrogen-bond acceptors (Lipinski definition) is 3. The summed E-state index contributed by atoms with van der Waals surface area (Å²) in [6.07, 6.45) is 2.46. The lowest BCUT2D eigenvalue weighted by molar-refractivity contribution is -0.141. The maximum absolute atomic E-state index is 12.5. The van der Waals surface area contributed by atoms with Crippen molar-refractivity contribution in [3.63, 3.8) is 0 Å². The fourth-order valence-electron chi connectivity index (χ4n) is 2.34. The smallest absolute Gasteiger partial charge is 0.308 e. The van der Waals surface area contributed by atoms with Crippen molar-refractivity contribution in [1.82, 2.24) is 4.90 Å². The van der Waals surface area contributed by atoms with Crippen LogP contribution < -0.4 is 0 Å². The Morgan fingerprint density at radius 1 is 1.37 bits per heavy atom. The lowest BCUT2D eigenvalue weighted by Gasteiger charge is -2.22. The molecule has 0 bridgehead atoms. The van der Waals surface area contributed by atoms with Gasteiger partial charge in [0.15, 0.2) is 0 Å². The monoisotopic (exact) mass is 279 g/mol. The number of benzene rings is 1. The van der Waals surface area contributed by atoms with Crippen LogP contribution in [-0.2, 0) is 9.59 Å². The summed E-state index contributed by atoms with van der Waals surface area (Å²) in [5.74, 6) is -1.21. The van der Waals surface area contributed by atoms with Gasteiger partial charge in [0.1, 0.15) is 5.25 Å². The highest BCUT2D eigenvalue weighted by Gasteiger charge is 2.34. The summed E-state index contributed by atoms with van der Waals surface area (Å²) in [5, 5.41) is 8.74. The van der Waals surface area contributed by atoms with Crippen molar-refractivity contribution in [1.29, 1.82) is 0 Å². The number of amides is 1. The van der Waals surface area contributed by atoms with Crippen LogP contribution in [0.3, 0.4) is 0 Å². The summed E-state index contributed by atoms with van der Waals surface area (Å²) < 4.78 is 0. The molecule has 1 fully saturated rings. The first-order valence-corrected chi connectivity index (χ1v) is 7.51. The van der Waals surface area contributed by atoms with Gasteiger partial charge in [0.2, 0.25) is 5.91 Å². The molecule has 1 amide bonds. The zero-order valence-corrected chi connectivity index (χ0v) is 11.6. The first kappa shape index (κ1) is 13.9. The predicted molar refractivity (Wildman–Crippen MR) is 75.0 cm³/mol. The van der Waals surface area contributed by atoms with E-state index < -0.39 is 11.9 Å². The van der Waals surface area contributed by atoms with Crippen molar-refractivity contribution in [3.8, 4) is 0 Å². The van der Waals surface area contributed by atoms with E-state index in [9.17, 15) is 9.59 Å². The molecule has 1 aliphatic heterocycles. The third kappa shape index (κ3) is 3.10. The highest BCUT2D eigenvalue weighted by molar-refractivity contribution is 7.99. The molecule has 5 heteroatoms. The van der Waals surface area contributed by atoms with Gasteiger partial charge in [0, 0.05) is 13.1 Å². The van der Waals surface area contributed by atoms with Gasteiger partial charge in [-0.2, -0.15) is 0 Å². The Bertz CT molecular complexity index is 463. The second-order valence-corrected chi connectivity index (χ2v) is 5.58. The highest BCUT2D eigenvalue weighted by atomic mass is 32.2. The van der Waals surface area contributed by atoms with Crippen LogP contribution in [0.25, 0.3) is 0 Å². The van der Waals surface area contributed by atoms with E-state index in [-0.39, 0.29) is 11.2 Å². The van der Waals surface area contributed by atoms with E-state index in [1.165, 1.54) is 11.8 Å². The lowest BCUT2D eigenvalue weighted by Crippen LogP contribution is -2.33. The second kappa shape index (κ2) is 6.10. The standard InChI is InChI=1S/C14H17NO3S/c1-19-12(10-5-3-2-4-6-10)13(16)15-8-7-11(9-15)14(17)18/h2-6,11-12H,7-9H2,1H3,(H,17,18). The molecule has 0 saturated carbocycles. The number of nitrogens with zero attached hydrogens (tertiary/aromatic N) is 1. The van der Waals surface area contributed by atoms with E-state index in [2.05, 4.69) is 0 Å². The Kier molecular flexibility index (Phi) is 4.47. The summed E-state index contributed by atoms with van der Waals surface area (Å²) in [4.78, 5) is 25.1. The molecule has 1 aromatic rings. The maximum atomic E-state index is 12.5. The molecule has 1 saturated heterocycles. The minimum atomic E-state index is -0.810. The van der Waals surface area contributed by atoms with Crippen molar-refractivity contribution in [2.75, 3.05) is 19.3 Å². The van der Waals surface area contributed by atoms with Crippen LogP contribution in [0.4, 0.5) is 0 Å². The summed E-state index contributed by atoms with van der Waals surface area (Å²) in [6.45, 7) is 0.873. The molecular weight excluding hydrogens is 262 g/mol. The third-order valence-electron chi connectivity index (χ3n) is 3.41. The minimum Gasteiger partial charge on any atom is -0.481 e. The van der Waals surface area contributed by atoms with Crippen LogP contribution in [-0.4, -0.2) is 41.2 Å². The molecule has 1 heterocycles. The first-order chi connectivity index (χ1) is 9.13. The van der Waals surface area contributed by atoms with Crippen molar-refractivity contribution in [3.05, 3.63) is 35.9 Å². The zero-order chi connectivity index (χ0) is 13.8. The van der Waals surface area contributed by atoms with Crippen molar-refractivity contribution >= 4 is 23.6 Å². The molecular formula is C14H17NO3S. The van der Waals surface area contributed by atoms with Gasteiger partial charge >= 0.3 is 5.97 Å². The fraction of sp³-hybridized carbons (Fsp3) is 0.429. The molecule has 1 aliphatic rings. The normalized spacial score (nSPS) is 20.3. The Morgan fingerprint density at radius 2 is 2.05 bits per heavy atom. The molecule has 0 aromatic heterocycles. The quantitative estimate of drug-likeness (QED) is 0.916. The van der Waals surface area contributed by atoms with Crippen LogP contribution in [0, 0.1) is 5.92 Å². The number of carbonyl (C=O) groups excluding carboxylic acids is 1. The average Bonchev–Trinajstić information content (AvgIpc) is 2.90. The van der Waals surface area contributed by atoms with Gasteiger partial charge in [-0.1, -0.05) is 30.3 Å². The SMILES string of the molecule is CSC(C(=O)N1CCC(C(=O)O)C1)c1ccccc1. The minimum absolute atomic E-state index is 0.0162. The van der Waals surface area contributed by atoms with Gasteiger partial charge in [0.25, 0.3) is 0 Å². The predicted octanol–water partition coefficient (Wildman–Crippen LogP) is 2.02. The fourth-order valence-corrected chi connectivity index (χ4v) is 3.12. The number of rotatable bonds is 4. The Labute approximate surface area is 116 Å². The highest BCUT2D eigenvalue weighted by Crippen LogP contribution is 2.30. The molecule has 4 nitrogen and oxygen atoms in total. The molecule has 0 radical (unpaired) electrons. The van der Waals surface area contributed by atoms with Gasteiger partial charge in [0.05, 0.1) is 5.92 Å². The van der Waals surface area contributed by atoms with Crippen molar-refractivity contribution in [2.24, 2.45) is 5.92 Å². The molecule has 0 spiro atoms. The molecule has 1 aromatic carbocycles. The summed E-state index contributed by atoms with van der Waals surface area (Å²) in [6, 6.07) is 9.61. The van der Waals surface area contributed by atoms with Gasteiger partial charge in [-0.15, -0.1) is 11.8 Å². The van der Waals surface area contributed by atoms with E-state index in [0.717, 1.165) is 5.56 Å². The van der Waals surface area contributed by atoms with E-state index in [0.29, 0.717) is 19.5 Å². The van der Waals surface area contributed by atoms with Crippen molar-refractivity contribution in [2.45, 2.75) is 11.7 Å². The Morgan fingerprint density at radius 3 is 2.58 bits per heavy atom. The third-order valence-corrected chi connectivity index (χ3v) is 4.36. The van der Waals surface area contributed by atoms with Crippen LogP contribution in [0.1, 0.15) is 17.2 Å². The average molecular weight is 279 g/mol. The molecule has 102 valence electrons. The Hall–Kier alpha value is -1.49. The number of carbonyl (C=O) groups is 2. The van der Waals surface area contributed by atoms with Gasteiger partial charge in [-0.3, -0.25) is 9.59 Å². The number of thioether (sulfide) groups is 1. The number of likely N-dealkylation sites (tertiary alicyclic amines) is 1. The molecule has 2 atom stereocenters. The van der Waals surface area contributed by atoms with E-state index in [1.807, 2.05) is 36.6 Å². The molecule has 19 heavy (non-hydrogen) atoms. The number of carboxylic acids is 1. The summed E-state index contributed by atoms with van der Waals surface area (Å²) in [5.41, 5.74) is 0.971. The first-order valence-electron chi connectivity index (χ1n) is 6.23. The maximum Gasteiger partial charge on any atom is 0.308 e. The van der Waals surface area contributed by atoms with Crippen molar-refractivity contribution < 1.29 is 14.7 Å². The van der Waals surface area contributed by atoms with Gasteiger partial charge in [-0.05, 0) is 18.2 Å².